The Morgan fingerprint density at radius 2 is 1.81 bits per heavy atom. The number of rotatable bonds is 3. The number of aliphatic carboxylic acids is 1. The van der Waals surface area contributed by atoms with Gasteiger partial charge in [0.05, 0.1) is 0 Å². The maximum atomic E-state index is 10.3. The second kappa shape index (κ2) is 5.89. The first kappa shape index (κ1) is 13.0. The van der Waals surface area contributed by atoms with Crippen molar-refractivity contribution in [2.45, 2.75) is 0 Å². The second-order valence-electron chi connectivity index (χ2n) is 3.19. The molecule has 0 bridgehead atoms. The molecule has 0 radical (unpaired) electrons. The number of benzene rings is 2. The van der Waals surface area contributed by atoms with Crippen LogP contribution in [0.4, 0.5) is 0 Å². The van der Waals surface area contributed by atoms with Crippen LogP contribution in [0.3, 0.4) is 0 Å². The molecule has 0 saturated heterocycles. The van der Waals surface area contributed by atoms with Gasteiger partial charge in [0.2, 0.25) is 0 Å². The van der Waals surface area contributed by atoms with Crippen molar-refractivity contribution in [2.24, 2.45) is 0 Å². The van der Waals surface area contributed by atoms with Crippen LogP contribution in [-0.2, 0) is 4.79 Å². The van der Waals surface area contributed by atoms with Crippen molar-refractivity contribution in [3.05, 3.63) is 42.5 Å². The Bertz CT molecular complexity index is 496. The van der Waals surface area contributed by atoms with Gasteiger partial charge in [0, 0.05) is 0 Å². The third-order valence-electron chi connectivity index (χ3n) is 2.08. The van der Waals surface area contributed by atoms with Crippen molar-refractivity contribution in [3.8, 4) is 5.75 Å². The summed E-state index contributed by atoms with van der Waals surface area (Å²) in [6.07, 6.45) is 0. The van der Waals surface area contributed by atoms with Gasteiger partial charge in [0.15, 0.2) is 6.61 Å². The van der Waals surface area contributed by atoms with E-state index in [1.807, 2.05) is 36.4 Å². The molecule has 0 heterocycles. The first-order chi connectivity index (χ1) is 7.25. The minimum atomic E-state index is -0.969. The Labute approximate surface area is 115 Å². The predicted molar refractivity (Wildman–Crippen MR) is 64.2 cm³/mol. The summed E-state index contributed by atoms with van der Waals surface area (Å²) in [5, 5.41) is 10.6. The summed E-state index contributed by atoms with van der Waals surface area (Å²) in [7, 11) is 0. The molecule has 16 heavy (non-hydrogen) atoms. The molecule has 0 saturated carbocycles. The van der Waals surface area contributed by atoms with Gasteiger partial charge < -0.3 is 9.84 Å². The SMILES string of the molecule is O=C(O)COc1ccc2ccccc2c1.[NaH]. The second-order valence-corrected chi connectivity index (χ2v) is 3.19. The van der Waals surface area contributed by atoms with Crippen LogP contribution in [-0.4, -0.2) is 47.2 Å². The normalized spacial score (nSPS) is 9.50. The number of carbonyl (C=O) groups is 1. The van der Waals surface area contributed by atoms with Crippen LogP contribution in [0.5, 0.6) is 5.75 Å². The summed E-state index contributed by atoms with van der Waals surface area (Å²) in [4.78, 5) is 10.3. The Morgan fingerprint density at radius 1 is 1.12 bits per heavy atom. The van der Waals surface area contributed by atoms with E-state index in [1.54, 1.807) is 6.07 Å². The summed E-state index contributed by atoms with van der Waals surface area (Å²) in [5.74, 6) is -0.390. The van der Waals surface area contributed by atoms with E-state index in [-0.39, 0.29) is 36.2 Å². The third-order valence-corrected chi connectivity index (χ3v) is 2.08. The molecule has 0 aliphatic heterocycles. The summed E-state index contributed by atoms with van der Waals surface area (Å²) < 4.78 is 5.08. The monoisotopic (exact) mass is 226 g/mol. The first-order valence-electron chi connectivity index (χ1n) is 4.59. The fourth-order valence-corrected chi connectivity index (χ4v) is 1.40. The molecular formula is C12H11NaO3. The van der Waals surface area contributed by atoms with Crippen LogP contribution in [0.15, 0.2) is 42.5 Å². The van der Waals surface area contributed by atoms with Gasteiger partial charge in [-0.3, -0.25) is 0 Å². The number of carboxylic acid groups (broad SMARTS) is 1. The molecule has 4 heteroatoms. The molecule has 0 unspecified atom stereocenters. The molecule has 0 aliphatic rings. The van der Waals surface area contributed by atoms with Gasteiger partial charge in [-0.25, -0.2) is 4.79 Å². The average molecular weight is 226 g/mol. The molecule has 0 spiro atoms. The maximum absolute atomic E-state index is 10.3. The predicted octanol–water partition coefficient (Wildman–Crippen LogP) is 1.65. The average Bonchev–Trinajstić information content (AvgIpc) is 2.26. The van der Waals surface area contributed by atoms with E-state index < -0.39 is 5.97 Å². The van der Waals surface area contributed by atoms with E-state index in [0.29, 0.717) is 5.75 Å². The van der Waals surface area contributed by atoms with Gasteiger partial charge in [-0.1, -0.05) is 30.3 Å². The summed E-state index contributed by atoms with van der Waals surface area (Å²) in [6.45, 7) is -0.307. The fourth-order valence-electron chi connectivity index (χ4n) is 1.40. The van der Waals surface area contributed by atoms with E-state index in [2.05, 4.69) is 0 Å². The van der Waals surface area contributed by atoms with Crippen LogP contribution < -0.4 is 4.74 Å². The Balaban J connectivity index is 0.00000128. The molecule has 78 valence electrons. The van der Waals surface area contributed by atoms with Gasteiger partial charge >= 0.3 is 35.5 Å². The Kier molecular flexibility index (Phi) is 4.80. The standard InChI is InChI=1S/C12H10O3.Na.H/c13-12(14)8-15-11-6-5-9-3-1-2-4-10(9)7-11;;/h1-7H,8H2,(H,13,14);;. The molecule has 0 fully saturated rings. The Morgan fingerprint density at radius 3 is 2.50 bits per heavy atom. The van der Waals surface area contributed by atoms with Gasteiger partial charge in [-0.15, -0.1) is 0 Å². The van der Waals surface area contributed by atoms with Crippen molar-refractivity contribution < 1.29 is 14.6 Å². The van der Waals surface area contributed by atoms with E-state index in [9.17, 15) is 4.79 Å². The third kappa shape index (κ3) is 3.23. The van der Waals surface area contributed by atoms with E-state index in [1.165, 1.54) is 0 Å². The number of hydrogen-bond donors (Lipinski definition) is 1. The van der Waals surface area contributed by atoms with Crippen molar-refractivity contribution in [2.75, 3.05) is 6.61 Å². The zero-order valence-corrected chi connectivity index (χ0v) is 8.01. The molecule has 2 aromatic carbocycles. The summed E-state index contributed by atoms with van der Waals surface area (Å²) in [6, 6.07) is 13.4. The molecule has 0 atom stereocenters. The van der Waals surface area contributed by atoms with E-state index in [4.69, 9.17) is 9.84 Å². The molecule has 0 aromatic heterocycles. The van der Waals surface area contributed by atoms with Crippen LogP contribution in [0.2, 0.25) is 0 Å². The molecule has 1 N–H and O–H groups in total. The van der Waals surface area contributed by atoms with Crippen molar-refractivity contribution in [1.29, 1.82) is 0 Å². The van der Waals surface area contributed by atoms with Gasteiger partial charge in [0.25, 0.3) is 0 Å². The molecule has 2 rings (SSSR count). The van der Waals surface area contributed by atoms with Gasteiger partial charge in [-0.2, -0.15) is 0 Å². The van der Waals surface area contributed by atoms with Crippen LogP contribution in [0, 0.1) is 0 Å². The van der Waals surface area contributed by atoms with Crippen molar-refractivity contribution >= 4 is 46.3 Å². The topological polar surface area (TPSA) is 46.5 Å². The summed E-state index contributed by atoms with van der Waals surface area (Å²) >= 11 is 0. The zero-order chi connectivity index (χ0) is 10.7. The van der Waals surface area contributed by atoms with Gasteiger partial charge in [0.1, 0.15) is 5.75 Å². The van der Waals surface area contributed by atoms with Crippen LogP contribution >= 0.6 is 0 Å². The number of carboxylic acids is 1. The van der Waals surface area contributed by atoms with Crippen molar-refractivity contribution in [1.82, 2.24) is 0 Å². The van der Waals surface area contributed by atoms with Crippen LogP contribution in [0.25, 0.3) is 10.8 Å². The quantitative estimate of drug-likeness (QED) is 0.809. The molecule has 0 aliphatic carbocycles. The summed E-state index contributed by atoms with van der Waals surface area (Å²) in [5.41, 5.74) is 0. The van der Waals surface area contributed by atoms with Gasteiger partial charge in [-0.05, 0) is 22.9 Å². The number of fused-ring (bicyclic) bond motifs is 1. The van der Waals surface area contributed by atoms with E-state index >= 15 is 0 Å². The molecule has 0 amide bonds. The fraction of sp³-hybridized carbons (Fsp3) is 0.0833. The van der Waals surface area contributed by atoms with E-state index in [0.717, 1.165) is 10.8 Å². The zero-order valence-electron chi connectivity index (χ0n) is 8.01. The molecular weight excluding hydrogens is 215 g/mol. The number of hydrogen-bond acceptors (Lipinski definition) is 2. The molecule has 3 nitrogen and oxygen atoms in total. The van der Waals surface area contributed by atoms with Crippen molar-refractivity contribution in [3.63, 3.8) is 0 Å². The minimum absolute atomic E-state index is 0. The first-order valence-corrected chi connectivity index (χ1v) is 4.59. The Hall–Kier alpha value is -1.03. The number of ether oxygens (including phenoxy) is 1. The van der Waals surface area contributed by atoms with Crippen LogP contribution in [0.1, 0.15) is 0 Å². The molecule has 2 aromatic rings.